The maximum atomic E-state index is 14.0. The first-order valence-electron chi connectivity index (χ1n) is 12.7. The monoisotopic (exact) mass is 535 g/mol. The number of amides is 2. The minimum absolute atomic E-state index is 0.0847. The van der Waals surface area contributed by atoms with Crippen molar-refractivity contribution in [2.75, 3.05) is 10.8 Å². The van der Waals surface area contributed by atoms with Gasteiger partial charge in [-0.15, -0.1) is 0 Å². The number of aryl methyl sites for hydroxylation is 1. The SMILES string of the molecule is CC[C@H](C(=O)NC(C)(C)C)N(Cc1ccccc1)C(=O)CN(c1cccc(C)c1)S(=O)(=O)c1ccccc1. The van der Waals surface area contributed by atoms with Gasteiger partial charge in [0.25, 0.3) is 10.0 Å². The van der Waals surface area contributed by atoms with E-state index in [2.05, 4.69) is 5.32 Å². The molecule has 0 aliphatic rings. The predicted octanol–water partition coefficient (Wildman–Crippen LogP) is 4.91. The normalized spacial score (nSPS) is 12.4. The molecule has 8 heteroatoms. The topological polar surface area (TPSA) is 86.8 Å². The van der Waals surface area contributed by atoms with Crippen LogP contribution in [-0.2, 0) is 26.2 Å². The van der Waals surface area contributed by atoms with Crippen LogP contribution in [0.5, 0.6) is 0 Å². The van der Waals surface area contributed by atoms with Crippen LogP contribution in [0.25, 0.3) is 0 Å². The summed E-state index contributed by atoms with van der Waals surface area (Å²) >= 11 is 0. The third kappa shape index (κ3) is 7.44. The van der Waals surface area contributed by atoms with Crippen LogP contribution in [0.3, 0.4) is 0 Å². The van der Waals surface area contributed by atoms with Gasteiger partial charge < -0.3 is 10.2 Å². The molecule has 0 bridgehead atoms. The summed E-state index contributed by atoms with van der Waals surface area (Å²) < 4.78 is 28.7. The van der Waals surface area contributed by atoms with E-state index in [1.54, 1.807) is 36.4 Å². The minimum Gasteiger partial charge on any atom is -0.350 e. The number of carbonyl (C=O) groups is 2. The van der Waals surface area contributed by atoms with E-state index in [1.807, 2.05) is 71.0 Å². The molecular formula is C30H37N3O4S. The zero-order chi connectivity index (χ0) is 27.9. The molecule has 3 aromatic carbocycles. The van der Waals surface area contributed by atoms with Crippen molar-refractivity contribution in [2.45, 2.75) is 64.1 Å². The van der Waals surface area contributed by atoms with Gasteiger partial charge in [-0.3, -0.25) is 13.9 Å². The van der Waals surface area contributed by atoms with Crippen LogP contribution >= 0.6 is 0 Å². The second kappa shape index (κ2) is 12.3. The zero-order valence-electron chi connectivity index (χ0n) is 22.7. The predicted molar refractivity (Wildman–Crippen MR) is 151 cm³/mol. The molecule has 1 N–H and O–H groups in total. The molecule has 0 aliphatic heterocycles. The van der Waals surface area contributed by atoms with Crippen LogP contribution in [0, 0.1) is 6.92 Å². The number of anilines is 1. The van der Waals surface area contributed by atoms with E-state index >= 15 is 0 Å². The summed E-state index contributed by atoms with van der Waals surface area (Å²) in [6, 6.07) is 23.7. The summed E-state index contributed by atoms with van der Waals surface area (Å²) in [6.07, 6.45) is 0.371. The van der Waals surface area contributed by atoms with Gasteiger partial charge in [0, 0.05) is 12.1 Å². The molecule has 0 radical (unpaired) electrons. The molecule has 0 fully saturated rings. The molecular weight excluding hydrogens is 498 g/mol. The van der Waals surface area contributed by atoms with Crippen molar-refractivity contribution in [1.82, 2.24) is 10.2 Å². The molecule has 0 aromatic heterocycles. The molecule has 3 rings (SSSR count). The number of nitrogens with zero attached hydrogens (tertiary/aromatic N) is 2. The van der Waals surface area contributed by atoms with Crippen molar-refractivity contribution < 1.29 is 18.0 Å². The highest BCUT2D eigenvalue weighted by Crippen LogP contribution is 2.25. The molecule has 0 spiro atoms. The molecule has 0 saturated carbocycles. The number of rotatable bonds is 10. The minimum atomic E-state index is -4.07. The Morgan fingerprint density at radius 3 is 2.05 bits per heavy atom. The lowest BCUT2D eigenvalue weighted by Crippen LogP contribution is -2.55. The van der Waals surface area contributed by atoms with Crippen molar-refractivity contribution in [2.24, 2.45) is 0 Å². The van der Waals surface area contributed by atoms with Gasteiger partial charge in [-0.25, -0.2) is 8.42 Å². The molecule has 2 amide bonds. The molecule has 0 heterocycles. The number of sulfonamides is 1. The standard InChI is InChI=1S/C30H37N3O4S/c1-6-27(29(35)31-30(3,4)5)32(21-24-15-9-7-10-16-24)28(34)22-33(25-17-13-14-23(2)20-25)38(36,37)26-18-11-8-12-19-26/h7-20,27H,6,21-22H2,1-5H3,(H,31,35)/t27-/m1/s1. The number of benzene rings is 3. The largest absolute Gasteiger partial charge is 0.350 e. The molecule has 1 atom stereocenters. The van der Waals surface area contributed by atoms with Crippen molar-refractivity contribution in [3.05, 3.63) is 96.1 Å². The highest BCUT2D eigenvalue weighted by molar-refractivity contribution is 7.92. The Hall–Kier alpha value is -3.65. The Morgan fingerprint density at radius 2 is 1.50 bits per heavy atom. The molecule has 0 unspecified atom stereocenters. The quantitative estimate of drug-likeness (QED) is 0.400. The molecule has 0 saturated heterocycles. The van der Waals surface area contributed by atoms with Crippen molar-refractivity contribution >= 4 is 27.5 Å². The van der Waals surface area contributed by atoms with Gasteiger partial charge >= 0.3 is 0 Å². The number of carbonyl (C=O) groups excluding carboxylic acids is 2. The highest BCUT2D eigenvalue weighted by Gasteiger charge is 2.34. The van der Waals surface area contributed by atoms with Crippen LogP contribution in [0.1, 0.15) is 45.2 Å². The summed E-state index contributed by atoms with van der Waals surface area (Å²) in [7, 11) is -4.07. The van der Waals surface area contributed by atoms with Gasteiger partial charge in [-0.2, -0.15) is 0 Å². The molecule has 3 aromatic rings. The van der Waals surface area contributed by atoms with Crippen LogP contribution in [0.4, 0.5) is 5.69 Å². The summed E-state index contributed by atoms with van der Waals surface area (Å²) in [4.78, 5) is 28.9. The van der Waals surface area contributed by atoms with Crippen molar-refractivity contribution in [3.8, 4) is 0 Å². The fourth-order valence-corrected chi connectivity index (χ4v) is 5.61. The number of hydrogen-bond acceptors (Lipinski definition) is 4. The summed E-state index contributed by atoms with van der Waals surface area (Å²) in [5, 5.41) is 2.98. The average Bonchev–Trinajstić information content (AvgIpc) is 2.87. The lowest BCUT2D eigenvalue weighted by atomic mass is 10.1. The zero-order valence-corrected chi connectivity index (χ0v) is 23.5. The highest BCUT2D eigenvalue weighted by atomic mass is 32.2. The van der Waals surface area contributed by atoms with E-state index in [4.69, 9.17) is 0 Å². The first-order chi connectivity index (χ1) is 17.9. The van der Waals surface area contributed by atoms with Gasteiger partial charge in [-0.05, 0) is 69.5 Å². The van der Waals surface area contributed by atoms with E-state index in [0.717, 1.165) is 15.4 Å². The Labute approximate surface area is 226 Å². The fourth-order valence-electron chi connectivity index (χ4n) is 4.18. The molecule has 7 nitrogen and oxygen atoms in total. The third-order valence-corrected chi connectivity index (χ3v) is 7.77. The van der Waals surface area contributed by atoms with Crippen LogP contribution in [0.2, 0.25) is 0 Å². The van der Waals surface area contributed by atoms with Crippen LogP contribution in [0.15, 0.2) is 89.8 Å². The third-order valence-electron chi connectivity index (χ3n) is 5.98. The van der Waals surface area contributed by atoms with Crippen LogP contribution < -0.4 is 9.62 Å². The van der Waals surface area contributed by atoms with Gasteiger partial charge in [0.15, 0.2) is 0 Å². The Morgan fingerprint density at radius 1 is 0.895 bits per heavy atom. The lowest BCUT2D eigenvalue weighted by molar-refractivity contribution is -0.141. The average molecular weight is 536 g/mol. The van der Waals surface area contributed by atoms with E-state index in [1.165, 1.54) is 17.0 Å². The maximum Gasteiger partial charge on any atom is 0.264 e. The lowest BCUT2D eigenvalue weighted by Gasteiger charge is -2.34. The van der Waals surface area contributed by atoms with Crippen molar-refractivity contribution in [1.29, 1.82) is 0 Å². The van der Waals surface area contributed by atoms with E-state index in [9.17, 15) is 18.0 Å². The summed E-state index contributed by atoms with van der Waals surface area (Å²) in [5.41, 5.74) is 1.60. The summed E-state index contributed by atoms with van der Waals surface area (Å²) in [6.45, 7) is 9.07. The first kappa shape index (κ1) is 28.9. The first-order valence-corrected chi connectivity index (χ1v) is 14.2. The van der Waals surface area contributed by atoms with E-state index in [-0.39, 0.29) is 17.3 Å². The molecule has 38 heavy (non-hydrogen) atoms. The second-order valence-corrected chi connectivity index (χ2v) is 12.2. The van der Waals surface area contributed by atoms with Gasteiger partial charge in [0.1, 0.15) is 12.6 Å². The number of hydrogen-bond donors (Lipinski definition) is 1. The second-order valence-electron chi connectivity index (χ2n) is 10.3. The Kier molecular flexibility index (Phi) is 9.33. The van der Waals surface area contributed by atoms with Crippen molar-refractivity contribution in [3.63, 3.8) is 0 Å². The van der Waals surface area contributed by atoms with Gasteiger partial charge in [0.05, 0.1) is 10.6 Å². The maximum absolute atomic E-state index is 14.0. The van der Waals surface area contributed by atoms with E-state index < -0.39 is 34.1 Å². The Balaban J connectivity index is 2.05. The van der Waals surface area contributed by atoms with E-state index in [0.29, 0.717) is 12.1 Å². The fraction of sp³-hybridized carbons (Fsp3) is 0.333. The van der Waals surface area contributed by atoms with Crippen LogP contribution in [-0.4, -0.2) is 43.3 Å². The number of nitrogens with one attached hydrogen (secondary N) is 1. The molecule has 0 aliphatic carbocycles. The van der Waals surface area contributed by atoms with Gasteiger partial charge in [0.2, 0.25) is 11.8 Å². The Bertz CT molecular complexity index is 1340. The molecule has 202 valence electrons. The smallest absolute Gasteiger partial charge is 0.264 e. The van der Waals surface area contributed by atoms with Gasteiger partial charge in [-0.1, -0.05) is 67.6 Å². The summed E-state index contributed by atoms with van der Waals surface area (Å²) in [5.74, 6) is -0.747.